The van der Waals surface area contributed by atoms with Gasteiger partial charge in [-0.3, -0.25) is 4.79 Å². The normalized spacial score (nSPS) is 20.5. The van der Waals surface area contributed by atoms with Crippen LogP contribution >= 0.6 is 85.0 Å². The molecule has 4 fully saturated rings. The van der Waals surface area contributed by atoms with Gasteiger partial charge in [-0.05, 0) is 127 Å². The first-order valence-electron chi connectivity index (χ1n) is 25.6. The quantitative estimate of drug-likeness (QED) is 0.124. The van der Waals surface area contributed by atoms with Gasteiger partial charge in [-0.1, -0.05) is 96.5 Å². The Balaban J connectivity index is 0.000000151. The van der Waals surface area contributed by atoms with E-state index in [4.69, 9.17) is 78.1 Å². The van der Waals surface area contributed by atoms with Gasteiger partial charge >= 0.3 is 0 Å². The summed E-state index contributed by atoms with van der Waals surface area (Å²) >= 11 is 31.5. The average molecular weight is 1250 g/mol. The molecule has 4 saturated carbocycles. The largest absolute Gasteiger partial charge is 0.383 e. The molecule has 79 heavy (non-hydrogen) atoms. The minimum Gasteiger partial charge on any atom is -0.383 e. The minimum absolute atomic E-state index is 0.0201. The summed E-state index contributed by atoms with van der Waals surface area (Å²) in [6, 6.07) is 16.4. The molecule has 3 atom stereocenters. The Labute approximate surface area is 491 Å². The molecule has 0 amide bonds. The van der Waals surface area contributed by atoms with Gasteiger partial charge in [0.2, 0.25) is 0 Å². The lowest BCUT2D eigenvalue weighted by molar-refractivity contribution is -0.132. The second kappa shape index (κ2) is 23.2. The molecule has 12 nitrogen and oxygen atoms in total. The zero-order valence-corrected chi connectivity index (χ0v) is 49.4. The zero-order valence-electron chi connectivity index (χ0n) is 43.2. The minimum atomic E-state index is -1.22. The fraction of sp³-hybridized carbons (Fsp3) is 0.397. The lowest BCUT2D eigenvalue weighted by atomic mass is 9.68. The molecule has 4 aliphatic carbocycles. The van der Waals surface area contributed by atoms with Crippen molar-refractivity contribution in [1.29, 1.82) is 0 Å². The highest BCUT2D eigenvalue weighted by molar-refractivity contribution is 9.11. The van der Waals surface area contributed by atoms with Crippen LogP contribution in [0.25, 0.3) is 52.6 Å². The van der Waals surface area contributed by atoms with Crippen LogP contribution in [0.2, 0.25) is 20.1 Å². The number of aromatic nitrogens is 4. The molecular weight excluding hydrogens is 1200 g/mol. The summed E-state index contributed by atoms with van der Waals surface area (Å²) in [5, 5.41) is 22.9. The number of ketones is 1. The second-order valence-electron chi connectivity index (χ2n) is 21.8. The smallest absolute Gasteiger partial charge is 0.191 e. The summed E-state index contributed by atoms with van der Waals surface area (Å²) in [5.74, 6) is 1.74. The van der Waals surface area contributed by atoms with E-state index in [0.29, 0.717) is 128 Å². The summed E-state index contributed by atoms with van der Waals surface area (Å²) in [7, 11) is 0. The van der Waals surface area contributed by atoms with E-state index in [0.717, 1.165) is 54.8 Å². The van der Waals surface area contributed by atoms with Gasteiger partial charge in [-0.25, -0.2) is 28.4 Å². The van der Waals surface area contributed by atoms with Crippen molar-refractivity contribution in [3.05, 3.63) is 147 Å². The molecule has 1 unspecified atom stereocenters. The van der Waals surface area contributed by atoms with Crippen LogP contribution in [0.5, 0.6) is 0 Å². The number of nitrogens with zero attached hydrogens (tertiary/aromatic N) is 6. The van der Waals surface area contributed by atoms with Crippen molar-refractivity contribution < 1.29 is 37.2 Å². The number of rotatable bonds is 11. The van der Waals surface area contributed by atoms with Crippen LogP contribution in [0.1, 0.15) is 131 Å². The maximum absolute atomic E-state index is 14.6. The van der Waals surface area contributed by atoms with E-state index in [-0.39, 0.29) is 35.4 Å². The van der Waals surface area contributed by atoms with Crippen LogP contribution in [-0.2, 0) is 33.1 Å². The van der Waals surface area contributed by atoms with Gasteiger partial charge in [0.1, 0.15) is 62.0 Å². The number of benzene rings is 4. The summed E-state index contributed by atoms with van der Waals surface area (Å²) in [6.45, 7) is 22.9. The van der Waals surface area contributed by atoms with Crippen molar-refractivity contribution in [1.82, 2.24) is 20.3 Å². The van der Waals surface area contributed by atoms with Crippen LogP contribution in [0.4, 0.5) is 20.2 Å². The third kappa shape index (κ3) is 12.3. The number of carbonyl (C=O) groups is 1. The molecule has 12 rings (SSSR count). The average Bonchev–Trinajstić information content (AvgIpc) is 4.27. The highest BCUT2D eigenvalue weighted by Gasteiger charge is 2.48. The van der Waals surface area contributed by atoms with Crippen molar-refractivity contribution in [2.24, 2.45) is 10.8 Å². The van der Waals surface area contributed by atoms with E-state index in [9.17, 15) is 18.7 Å². The lowest BCUT2D eigenvalue weighted by Crippen LogP contribution is -2.45. The van der Waals surface area contributed by atoms with E-state index >= 15 is 0 Å². The Bertz CT molecular complexity index is 3690. The molecule has 4 heterocycles. The number of Topliss-reactive ketones (excluding diaryl/α,β-unsaturated/α-hetero) is 1. The van der Waals surface area contributed by atoms with Crippen molar-refractivity contribution in [3.8, 4) is 22.5 Å². The summed E-state index contributed by atoms with van der Waals surface area (Å²) in [5.41, 5.74) is 3.62. The van der Waals surface area contributed by atoms with Gasteiger partial charge < -0.3 is 23.6 Å². The first-order chi connectivity index (χ1) is 37.7. The third-order valence-corrected chi connectivity index (χ3v) is 18.8. The van der Waals surface area contributed by atoms with E-state index in [2.05, 4.69) is 73.6 Å². The third-order valence-electron chi connectivity index (χ3n) is 14.9. The molecule has 0 spiro atoms. The van der Waals surface area contributed by atoms with Crippen molar-refractivity contribution in [2.45, 2.75) is 135 Å². The van der Waals surface area contributed by atoms with Crippen LogP contribution < -0.4 is 0 Å². The molecule has 4 aliphatic rings. The highest BCUT2D eigenvalue weighted by Crippen LogP contribution is 2.52. The molecular formula is C58H51BrCl4F2N6O6S2. The van der Waals surface area contributed by atoms with Gasteiger partial charge in [0.25, 0.3) is 0 Å². The molecule has 0 bridgehead atoms. The van der Waals surface area contributed by atoms with E-state index in [1.54, 1.807) is 42.5 Å². The number of ether oxygens (including phenoxy) is 2. The van der Waals surface area contributed by atoms with Gasteiger partial charge in [-0.15, -0.1) is 22.7 Å². The van der Waals surface area contributed by atoms with Gasteiger partial charge in [-0.2, -0.15) is 0 Å². The number of hydrogen-bond donors (Lipinski definition) is 1. The fourth-order valence-corrected chi connectivity index (χ4v) is 14.3. The number of aliphatic hydroxyl groups is 1. The van der Waals surface area contributed by atoms with Crippen LogP contribution in [0.3, 0.4) is 0 Å². The molecule has 0 radical (unpaired) electrons. The maximum Gasteiger partial charge on any atom is 0.191 e. The molecule has 4 aromatic carbocycles. The van der Waals surface area contributed by atoms with Gasteiger partial charge in [0.05, 0.1) is 58.7 Å². The first kappa shape index (κ1) is 57.3. The van der Waals surface area contributed by atoms with Gasteiger partial charge in [0.15, 0.2) is 15.3 Å². The first-order valence-corrected chi connectivity index (χ1v) is 29.5. The summed E-state index contributed by atoms with van der Waals surface area (Å²) in [6.07, 6.45) is 7.42. The van der Waals surface area contributed by atoms with Crippen LogP contribution in [-0.4, -0.2) is 43.4 Å². The van der Waals surface area contributed by atoms with Crippen LogP contribution in [0, 0.1) is 35.6 Å². The van der Waals surface area contributed by atoms with Crippen LogP contribution in [0.15, 0.2) is 73.6 Å². The van der Waals surface area contributed by atoms with Crippen molar-refractivity contribution in [3.63, 3.8) is 0 Å². The Hall–Kier alpha value is -4.89. The Morgan fingerprint density at radius 2 is 1.18 bits per heavy atom. The standard InChI is InChI=1S/C29H26Cl2FN3O3S.C21H23Cl2NO3.C8H2BrFN2S/c1-28(2)14-29(36,27-34-25-20(32)11-16(33-3)12-21(25)39-27)10-9-22(28)37-13-17-24(35-38-26(17)15-7-8-15)23-18(30)5-4-6-19(23)31;1-21(2)10-13(25)8-9-17(21)26-11-14-19(24-27-20(14)12-6-7-12)18-15(22)4-3-5-16(18)23;1-11-4-2-5(10)7-6(3-4)13-8(9)12-7/h4-6,11-12,15,22,36H,7-10,13-14H2,1-2H3;3-5,12,17H,6-11H2,1-2H3;2-3H/t22-,29+;;/m1../s1. The molecule has 8 aromatic rings. The zero-order chi connectivity index (χ0) is 56.1. The number of carbonyl (C=O) groups excluding carboxylic acids is 1. The molecule has 1 N–H and O–H groups in total. The molecule has 0 saturated heterocycles. The predicted octanol–water partition coefficient (Wildman–Crippen LogP) is 18.7. The monoisotopic (exact) mass is 1250 g/mol. The predicted molar refractivity (Wildman–Crippen MR) is 309 cm³/mol. The van der Waals surface area contributed by atoms with Crippen molar-refractivity contribution in [2.75, 3.05) is 0 Å². The SMILES string of the molecule is CC1(C)CC(=O)CCC1OCc1c(-c2c(Cl)cccc2Cl)noc1C1CC1.[C-]#[N+]c1cc(F)c2nc(Br)sc2c1.[C-]#[N+]c1cc(F)c2nc([C@]3(O)CC[C@@H](OCc4c(-c5c(Cl)cccc5Cl)noc4C4CC4)C(C)(C)C3)sc2c1. The number of hydrogen-bond acceptors (Lipinski definition) is 12. The molecule has 0 aliphatic heterocycles. The van der Waals surface area contributed by atoms with E-state index < -0.39 is 22.7 Å². The Morgan fingerprint density at radius 1 is 0.709 bits per heavy atom. The topological polar surface area (TPSA) is 142 Å². The van der Waals surface area contributed by atoms with E-state index in [1.807, 2.05) is 6.07 Å². The molecule has 410 valence electrons. The number of thiazole rings is 2. The second-order valence-corrected chi connectivity index (χ2v) is 26.8. The fourth-order valence-electron chi connectivity index (χ4n) is 10.6. The Morgan fingerprint density at radius 3 is 1.63 bits per heavy atom. The molecule has 4 aromatic heterocycles. The Kier molecular flexibility index (Phi) is 16.8. The van der Waals surface area contributed by atoms with Crippen molar-refractivity contribution >= 4 is 123 Å². The highest BCUT2D eigenvalue weighted by atomic mass is 79.9. The number of halogens is 7. The molecule has 21 heteroatoms. The lowest BCUT2D eigenvalue weighted by Gasteiger charge is -2.45. The maximum atomic E-state index is 14.6. The number of fused-ring (bicyclic) bond motifs is 2. The van der Waals surface area contributed by atoms with Gasteiger partial charge in [0, 0.05) is 56.3 Å². The summed E-state index contributed by atoms with van der Waals surface area (Å²) in [4.78, 5) is 26.7. The van der Waals surface area contributed by atoms with E-state index in [1.165, 1.54) is 34.8 Å². The summed E-state index contributed by atoms with van der Waals surface area (Å²) < 4.78 is 54.0.